The lowest BCUT2D eigenvalue weighted by Crippen LogP contribution is -2.65. The zero-order valence-electron chi connectivity index (χ0n) is 26.9. The van der Waals surface area contributed by atoms with E-state index in [1.165, 1.54) is 6.92 Å². The van der Waals surface area contributed by atoms with Crippen LogP contribution < -0.4 is 0 Å². The van der Waals surface area contributed by atoms with Crippen molar-refractivity contribution in [2.45, 2.75) is 71.1 Å². The lowest BCUT2D eigenvalue weighted by Gasteiger charge is -2.46. The van der Waals surface area contributed by atoms with E-state index in [2.05, 4.69) is 0 Å². The molecule has 12 nitrogen and oxygen atoms in total. The van der Waals surface area contributed by atoms with Gasteiger partial charge < -0.3 is 33.2 Å². The Morgan fingerprint density at radius 2 is 1.00 bits per heavy atom. The molecule has 1 fully saturated rings. The molecule has 0 aromatic heterocycles. The highest BCUT2D eigenvalue weighted by Crippen LogP contribution is 2.34. The Balaban J connectivity index is 1.76. The van der Waals surface area contributed by atoms with Gasteiger partial charge in [-0.15, -0.1) is 0 Å². The zero-order chi connectivity index (χ0) is 34.5. The molecular formula is C36H38O12. The number of ether oxygens (including phenoxy) is 7. The monoisotopic (exact) mass is 662 g/mol. The van der Waals surface area contributed by atoms with E-state index < -0.39 is 72.9 Å². The maximum Gasteiger partial charge on any atom is 0.323 e. The second kappa shape index (κ2) is 17.7. The lowest BCUT2D eigenvalue weighted by molar-refractivity contribution is -0.267. The van der Waals surface area contributed by atoms with Gasteiger partial charge in [-0.25, -0.2) is 0 Å². The van der Waals surface area contributed by atoms with Crippen LogP contribution in [0, 0.1) is 5.92 Å². The van der Waals surface area contributed by atoms with Gasteiger partial charge in [0.05, 0.1) is 6.61 Å². The molecule has 3 aromatic carbocycles. The van der Waals surface area contributed by atoms with Gasteiger partial charge in [0.2, 0.25) is 0 Å². The molecule has 1 aliphatic rings. The van der Waals surface area contributed by atoms with E-state index in [-0.39, 0.29) is 19.8 Å². The summed E-state index contributed by atoms with van der Waals surface area (Å²) >= 11 is 0. The van der Waals surface area contributed by atoms with Crippen molar-refractivity contribution in [2.24, 2.45) is 5.92 Å². The molecule has 0 saturated carbocycles. The van der Waals surface area contributed by atoms with Crippen LogP contribution in [-0.2, 0) is 77.0 Å². The van der Waals surface area contributed by atoms with Crippen LogP contribution in [0.25, 0.3) is 0 Å². The summed E-state index contributed by atoms with van der Waals surface area (Å²) in [6.07, 6.45) is -6.98. The largest absolute Gasteiger partial charge is 0.463 e. The summed E-state index contributed by atoms with van der Waals surface area (Å²) in [5.74, 6) is -6.00. The fourth-order valence-electron chi connectivity index (χ4n) is 5.16. The summed E-state index contributed by atoms with van der Waals surface area (Å²) in [5.41, 5.74) is 2.02. The molecule has 0 aliphatic carbocycles. The van der Waals surface area contributed by atoms with E-state index >= 15 is 0 Å². The molecule has 3 aromatic rings. The van der Waals surface area contributed by atoms with Gasteiger partial charge in [0.15, 0.2) is 18.1 Å². The summed E-state index contributed by atoms with van der Waals surface area (Å²) in [4.78, 5) is 64.4. The minimum atomic E-state index is -1.78. The van der Waals surface area contributed by atoms with Crippen molar-refractivity contribution in [2.75, 3.05) is 6.61 Å². The van der Waals surface area contributed by atoms with Crippen LogP contribution in [-0.4, -0.2) is 67.0 Å². The van der Waals surface area contributed by atoms with Crippen molar-refractivity contribution in [1.82, 2.24) is 0 Å². The highest BCUT2D eigenvalue weighted by molar-refractivity contribution is 5.96. The van der Waals surface area contributed by atoms with Gasteiger partial charge in [-0.2, -0.15) is 0 Å². The fourth-order valence-corrected chi connectivity index (χ4v) is 5.16. The molecule has 254 valence electrons. The van der Waals surface area contributed by atoms with E-state index in [0.717, 1.165) is 13.8 Å². The second-order valence-corrected chi connectivity index (χ2v) is 11.0. The van der Waals surface area contributed by atoms with Crippen LogP contribution in [0.3, 0.4) is 0 Å². The third-order valence-corrected chi connectivity index (χ3v) is 7.29. The Bertz CT molecular complexity index is 1460. The maximum atomic E-state index is 13.9. The topological polar surface area (TPSA) is 150 Å². The Morgan fingerprint density at radius 3 is 1.44 bits per heavy atom. The SMILES string of the molecule is CC(=O)OC[C@H]1O[C@@H](C(C(=O)OCc2ccccc2)C(=O)OCc2ccccc2)[C@H](OCc2ccccc2)[C@@H](OC(C)=O)[C@@H]1OC(C)=O. The fraction of sp³-hybridized carbons (Fsp3) is 0.361. The average molecular weight is 663 g/mol. The van der Waals surface area contributed by atoms with Crippen molar-refractivity contribution >= 4 is 29.8 Å². The summed E-state index contributed by atoms with van der Waals surface area (Å²) in [6.45, 7) is 2.55. The molecule has 0 amide bonds. The lowest BCUT2D eigenvalue weighted by atomic mass is 9.87. The standard InChI is InChI=1S/C36H38O12/c1-23(37)42-22-29-31(46-24(2)38)34(47-25(3)39)33(43-19-26-13-7-4-8-14-26)32(48-29)30(35(40)44-20-27-15-9-5-10-16-27)36(41)45-21-28-17-11-6-12-18-28/h4-18,29-34H,19-22H2,1-3H3/t29-,31-,32+,33+,34+/m1/s1. The normalized spacial score (nSPS) is 20.3. The maximum absolute atomic E-state index is 13.9. The Labute approximate surface area is 278 Å². The van der Waals surface area contributed by atoms with E-state index in [1.54, 1.807) is 84.9 Å². The molecule has 0 radical (unpaired) electrons. The molecule has 0 unspecified atom stereocenters. The van der Waals surface area contributed by atoms with Gasteiger partial charge in [-0.05, 0) is 16.7 Å². The van der Waals surface area contributed by atoms with Crippen molar-refractivity contribution in [1.29, 1.82) is 0 Å². The van der Waals surface area contributed by atoms with E-state index in [1.807, 2.05) is 6.07 Å². The minimum absolute atomic E-state index is 0.0740. The molecule has 48 heavy (non-hydrogen) atoms. The predicted molar refractivity (Wildman–Crippen MR) is 167 cm³/mol. The molecule has 1 saturated heterocycles. The second-order valence-electron chi connectivity index (χ2n) is 11.0. The minimum Gasteiger partial charge on any atom is -0.463 e. The molecule has 12 heteroatoms. The van der Waals surface area contributed by atoms with Gasteiger partial charge in [-0.3, -0.25) is 24.0 Å². The third kappa shape index (κ3) is 10.5. The molecule has 4 rings (SSSR count). The van der Waals surface area contributed by atoms with Crippen LogP contribution in [0.4, 0.5) is 0 Å². The molecule has 1 aliphatic heterocycles. The highest BCUT2D eigenvalue weighted by Gasteiger charge is 2.56. The molecular weight excluding hydrogens is 624 g/mol. The van der Waals surface area contributed by atoms with Gasteiger partial charge in [0, 0.05) is 20.8 Å². The molecule has 0 N–H and O–H groups in total. The third-order valence-electron chi connectivity index (χ3n) is 7.29. The number of hydrogen-bond donors (Lipinski definition) is 0. The van der Waals surface area contributed by atoms with E-state index in [9.17, 15) is 24.0 Å². The van der Waals surface area contributed by atoms with Gasteiger partial charge in [-0.1, -0.05) is 91.0 Å². The zero-order valence-corrected chi connectivity index (χ0v) is 26.9. The van der Waals surface area contributed by atoms with Crippen molar-refractivity contribution in [3.05, 3.63) is 108 Å². The number of hydrogen-bond acceptors (Lipinski definition) is 12. The number of benzene rings is 3. The Kier molecular flexibility index (Phi) is 13.2. The van der Waals surface area contributed by atoms with Crippen molar-refractivity contribution < 1.29 is 57.1 Å². The van der Waals surface area contributed by atoms with Crippen LogP contribution in [0.5, 0.6) is 0 Å². The number of carbonyl (C=O) groups is 5. The first-order valence-electron chi connectivity index (χ1n) is 15.3. The van der Waals surface area contributed by atoms with E-state index in [0.29, 0.717) is 16.7 Å². The summed E-state index contributed by atoms with van der Waals surface area (Å²) in [5, 5.41) is 0. The summed E-state index contributed by atoms with van der Waals surface area (Å²) < 4.78 is 40.2. The van der Waals surface area contributed by atoms with Crippen LogP contribution >= 0.6 is 0 Å². The predicted octanol–water partition coefficient (Wildman–Crippen LogP) is 3.87. The van der Waals surface area contributed by atoms with Crippen LogP contribution in [0.1, 0.15) is 37.5 Å². The van der Waals surface area contributed by atoms with Crippen molar-refractivity contribution in [3.63, 3.8) is 0 Å². The van der Waals surface area contributed by atoms with Crippen LogP contribution in [0.15, 0.2) is 91.0 Å². The number of esters is 5. The highest BCUT2D eigenvalue weighted by atomic mass is 16.7. The van der Waals surface area contributed by atoms with E-state index in [4.69, 9.17) is 33.2 Å². The quantitative estimate of drug-likeness (QED) is 0.140. The first-order chi connectivity index (χ1) is 23.1. The number of rotatable bonds is 14. The first-order valence-corrected chi connectivity index (χ1v) is 15.3. The molecule has 5 atom stereocenters. The Morgan fingerprint density at radius 1 is 0.562 bits per heavy atom. The van der Waals surface area contributed by atoms with Gasteiger partial charge >= 0.3 is 29.8 Å². The Hall–Kier alpha value is -5.07. The first kappa shape index (κ1) is 35.8. The summed E-state index contributed by atoms with van der Waals surface area (Å²) in [6, 6.07) is 26.6. The average Bonchev–Trinajstić information content (AvgIpc) is 3.07. The van der Waals surface area contributed by atoms with Gasteiger partial charge in [0.25, 0.3) is 0 Å². The summed E-state index contributed by atoms with van der Waals surface area (Å²) in [7, 11) is 0. The number of carbonyl (C=O) groups excluding carboxylic acids is 5. The molecule has 1 heterocycles. The smallest absolute Gasteiger partial charge is 0.323 e. The van der Waals surface area contributed by atoms with Gasteiger partial charge in [0.1, 0.15) is 38.1 Å². The molecule has 0 spiro atoms. The molecule has 0 bridgehead atoms. The van der Waals surface area contributed by atoms with Crippen LogP contribution in [0.2, 0.25) is 0 Å². The van der Waals surface area contributed by atoms with Crippen molar-refractivity contribution in [3.8, 4) is 0 Å².